The van der Waals surface area contributed by atoms with E-state index in [1.807, 2.05) is 0 Å². The Bertz CT molecular complexity index is 865. The average molecular weight is 349 g/mol. The van der Waals surface area contributed by atoms with E-state index in [2.05, 4.69) is 25.8 Å². The zero-order chi connectivity index (χ0) is 17.9. The lowest BCUT2D eigenvalue weighted by atomic mass is 10.2. The highest BCUT2D eigenvalue weighted by molar-refractivity contribution is 5.59. The Balaban J connectivity index is 1.77. The van der Waals surface area contributed by atoms with E-state index in [1.54, 1.807) is 0 Å². The molecule has 0 unspecified atom stereocenters. The van der Waals surface area contributed by atoms with Crippen LogP contribution in [-0.4, -0.2) is 15.2 Å². The molecule has 0 atom stereocenters. The summed E-state index contributed by atoms with van der Waals surface area (Å²) >= 11 is 0. The van der Waals surface area contributed by atoms with Crippen molar-refractivity contribution in [3.8, 4) is 0 Å². The molecule has 0 amide bonds. The van der Waals surface area contributed by atoms with Crippen molar-refractivity contribution >= 4 is 23.1 Å². The second-order valence-corrected chi connectivity index (χ2v) is 5.00. The second kappa shape index (κ2) is 6.71. The Kier molecular flexibility index (Phi) is 4.46. The molecule has 0 bridgehead atoms. The van der Waals surface area contributed by atoms with E-state index in [-0.39, 0.29) is 17.5 Å². The fourth-order valence-corrected chi connectivity index (χ4v) is 2.00. The van der Waals surface area contributed by atoms with Gasteiger partial charge >= 0.3 is 6.18 Å². The molecule has 0 radical (unpaired) electrons. The molecular formula is C16H11F4N5. The molecule has 3 rings (SSSR count). The Morgan fingerprint density at radius 1 is 0.880 bits per heavy atom. The minimum absolute atomic E-state index is 0.0198. The van der Waals surface area contributed by atoms with Gasteiger partial charge < -0.3 is 10.6 Å². The lowest BCUT2D eigenvalue weighted by Gasteiger charge is -2.10. The number of alkyl halides is 3. The van der Waals surface area contributed by atoms with Gasteiger partial charge in [0.15, 0.2) is 5.82 Å². The maximum Gasteiger partial charge on any atom is 0.416 e. The first-order valence-corrected chi connectivity index (χ1v) is 7.07. The molecule has 3 aromatic rings. The van der Waals surface area contributed by atoms with Crippen molar-refractivity contribution < 1.29 is 17.6 Å². The van der Waals surface area contributed by atoms with Gasteiger partial charge in [-0.2, -0.15) is 23.3 Å². The van der Waals surface area contributed by atoms with Crippen molar-refractivity contribution in [3.63, 3.8) is 0 Å². The minimum Gasteiger partial charge on any atom is -0.339 e. The SMILES string of the molecule is Fc1ccc(Nc2cnnc(Nc3cccc(C(F)(F)F)c3)n2)cc1. The van der Waals surface area contributed by atoms with Crippen LogP contribution in [0.3, 0.4) is 0 Å². The highest BCUT2D eigenvalue weighted by Gasteiger charge is 2.30. The fraction of sp³-hybridized carbons (Fsp3) is 0.0625. The van der Waals surface area contributed by atoms with Gasteiger partial charge in [0.05, 0.1) is 11.8 Å². The molecular weight excluding hydrogens is 338 g/mol. The maximum atomic E-state index is 12.9. The van der Waals surface area contributed by atoms with Crippen LogP contribution >= 0.6 is 0 Å². The molecule has 9 heteroatoms. The van der Waals surface area contributed by atoms with Crippen molar-refractivity contribution in [2.45, 2.75) is 6.18 Å². The van der Waals surface area contributed by atoms with Crippen LogP contribution in [0.2, 0.25) is 0 Å². The average Bonchev–Trinajstić information content (AvgIpc) is 2.57. The first-order chi connectivity index (χ1) is 11.9. The molecule has 0 saturated heterocycles. The zero-order valence-corrected chi connectivity index (χ0v) is 12.5. The third-order valence-electron chi connectivity index (χ3n) is 3.12. The Labute approximate surface area is 139 Å². The van der Waals surface area contributed by atoms with Gasteiger partial charge in [-0.3, -0.25) is 0 Å². The number of hydrogen-bond donors (Lipinski definition) is 2. The van der Waals surface area contributed by atoms with Crippen LogP contribution in [-0.2, 0) is 6.18 Å². The lowest BCUT2D eigenvalue weighted by Crippen LogP contribution is -2.06. The van der Waals surface area contributed by atoms with E-state index in [0.29, 0.717) is 11.5 Å². The normalized spacial score (nSPS) is 11.2. The van der Waals surface area contributed by atoms with Crippen LogP contribution in [0.5, 0.6) is 0 Å². The lowest BCUT2D eigenvalue weighted by molar-refractivity contribution is -0.137. The van der Waals surface area contributed by atoms with E-state index in [1.165, 1.54) is 42.6 Å². The topological polar surface area (TPSA) is 62.7 Å². The van der Waals surface area contributed by atoms with Gasteiger partial charge in [0.1, 0.15) is 5.82 Å². The predicted octanol–water partition coefficient (Wildman–Crippen LogP) is 4.52. The highest BCUT2D eigenvalue weighted by atomic mass is 19.4. The summed E-state index contributed by atoms with van der Waals surface area (Å²) in [4.78, 5) is 4.11. The van der Waals surface area contributed by atoms with Crippen molar-refractivity contribution in [1.82, 2.24) is 15.2 Å². The van der Waals surface area contributed by atoms with Gasteiger partial charge in [-0.25, -0.2) is 4.39 Å². The van der Waals surface area contributed by atoms with Crippen LogP contribution in [0.1, 0.15) is 5.56 Å². The van der Waals surface area contributed by atoms with Crippen LogP contribution in [0.4, 0.5) is 40.7 Å². The van der Waals surface area contributed by atoms with Gasteiger partial charge in [-0.1, -0.05) is 6.07 Å². The highest BCUT2D eigenvalue weighted by Crippen LogP contribution is 2.31. The van der Waals surface area contributed by atoms with Crippen molar-refractivity contribution in [3.05, 3.63) is 66.1 Å². The second-order valence-electron chi connectivity index (χ2n) is 5.00. The fourth-order valence-electron chi connectivity index (χ4n) is 2.00. The summed E-state index contributed by atoms with van der Waals surface area (Å²) in [6.07, 6.45) is -3.11. The molecule has 0 fully saturated rings. The summed E-state index contributed by atoms with van der Waals surface area (Å²) in [6, 6.07) is 10.2. The number of anilines is 4. The van der Waals surface area contributed by atoms with Gasteiger partial charge in [0.2, 0.25) is 5.95 Å². The monoisotopic (exact) mass is 349 g/mol. The quantitative estimate of drug-likeness (QED) is 0.678. The first kappa shape index (κ1) is 16.6. The summed E-state index contributed by atoms with van der Waals surface area (Å²) in [5, 5.41) is 13.0. The third-order valence-corrected chi connectivity index (χ3v) is 3.12. The summed E-state index contributed by atoms with van der Waals surface area (Å²) in [5.41, 5.74) is -0.0338. The molecule has 0 aliphatic carbocycles. The molecule has 25 heavy (non-hydrogen) atoms. The van der Waals surface area contributed by atoms with E-state index < -0.39 is 11.7 Å². The first-order valence-electron chi connectivity index (χ1n) is 7.07. The Hall–Kier alpha value is -3.23. The smallest absolute Gasteiger partial charge is 0.339 e. The summed E-state index contributed by atoms with van der Waals surface area (Å²) < 4.78 is 51.1. The summed E-state index contributed by atoms with van der Waals surface area (Å²) in [7, 11) is 0. The van der Waals surface area contributed by atoms with Gasteiger partial charge in [-0.15, -0.1) is 5.10 Å². The number of nitrogens with one attached hydrogen (secondary N) is 2. The molecule has 2 aromatic carbocycles. The van der Waals surface area contributed by atoms with Gasteiger partial charge in [-0.05, 0) is 42.5 Å². The van der Waals surface area contributed by atoms with E-state index in [9.17, 15) is 17.6 Å². The number of benzene rings is 2. The number of halogens is 4. The molecule has 5 nitrogen and oxygen atoms in total. The molecule has 0 aliphatic heterocycles. The van der Waals surface area contributed by atoms with Crippen LogP contribution in [0, 0.1) is 5.82 Å². The van der Waals surface area contributed by atoms with Crippen LogP contribution in [0.25, 0.3) is 0 Å². The molecule has 1 heterocycles. The zero-order valence-electron chi connectivity index (χ0n) is 12.5. The molecule has 1 aromatic heterocycles. The molecule has 128 valence electrons. The maximum absolute atomic E-state index is 12.9. The van der Waals surface area contributed by atoms with Crippen molar-refractivity contribution in [2.75, 3.05) is 10.6 Å². The minimum atomic E-state index is -4.44. The number of rotatable bonds is 4. The standard InChI is InChI=1S/C16H11F4N5/c17-11-4-6-12(7-5-11)22-14-9-21-25-15(24-14)23-13-3-1-2-10(8-13)16(18,19)20/h1-9H,(H2,22,23,24,25). The third kappa shape index (κ3) is 4.40. The van der Waals surface area contributed by atoms with Gasteiger partial charge in [0, 0.05) is 11.4 Å². The molecule has 0 aliphatic rings. The Morgan fingerprint density at radius 3 is 2.36 bits per heavy atom. The number of nitrogens with zero attached hydrogens (tertiary/aromatic N) is 3. The van der Waals surface area contributed by atoms with Crippen LogP contribution < -0.4 is 10.6 Å². The van der Waals surface area contributed by atoms with E-state index in [0.717, 1.165) is 12.1 Å². The largest absolute Gasteiger partial charge is 0.416 e. The van der Waals surface area contributed by atoms with Crippen LogP contribution in [0.15, 0.2) is 54.7 Å². The summed E-state index contributed by atoms with van der Waals surface area (Å²) in [6.45, 7) is 0. The summed E-state index contributed by atoms with van der Waals surface area (Å²) in [5.74, 6) is -0.0548. The molecule has 2 N–H and O–H groups in total. The van der Waals surface area contributed by atoms with E-state index in [4.69, 9.17) is 0 Å². The molecule has 0 saturated carbocycles. The predicted molar refractivity (Wildman–Crippen MR) is 84.2 cm³/mol. The van der Waals surface area contributed by atoms with E-state index >= 15 is 0 Å². The van der Waals surface area contributed by atoms with Crippen molar-refractivity contribution in [2.24, 2.45) is 0 Å². The van der Waals surface area contributed by atoms with Gasteiger partial charge in [0.25, 0.3) is 0 Å². The number of hydrogen-bond acceptors (Lipinski definition) is 5. The van der Waals surface area contributed by atoms with Crippen molar-refractivity contribution in [1.29, 1.82) is 0 Å². The number of aromatic nitrogens is 3. The molecule has 0 spiro atoms. The Morgan fingerprint density at radius 2 is 1.64 bits per heavy atom.